The summed E-state index contributed by atoms with van der Waals surface area (Å²) in [7, 11) is 2.21. The number of likely N-dealkylation sites (tertiary alicyclic amines) is 1. The third-order valence-corrected chi connectivity index (χ3v) is 4.37. The maximum atomic E-state index is 3.69. The summed E-state index contributed by atoms with van der Waals surface area (Å²) in [5.41, 5.74) is 3.17. The highest BCUT2D eigenvalue weighted by Crippen LogP contribution is 2.46. The third-order valence-electron chi connectivity index (χ3n) is 3.71. The van der Waals surface area contributed by atoms with Crippen molar-refractivity contribution < 1.29 is 0 Å². The Morgan fingerprint density at radius 2 is 2.33 bits per heavy atom. The van der Waals surface area contributed by atoms with Crippen LogP contribution in [0.5, 0.6) is 0 Å². The van der Waals surface area contributed by atoms with Crippen molar-refractivity contribution in [2.24, 2.45) is 0 Å². The Balaban J connectivity index is 2.11. The van der Waals surface area contributed by atoms with E-state index in [-0.39, 0.29) is 0 Å². The molecule has 2 heterocycles. The molecule has 0 saturated carbocycles. The minimum atomic E-state index is 0.351. The van der Waals surface area contributed by atoms with Crippen LogP contribution in [-0.4, -0.2) is 31.6 Å². The van der Waals surface area contributed by atoms with Gasteiger partial charge >= 0.3 is 0 Å². The molecule has 1 fully saturated rings. The average Bonchev–Trinajstić information content (AvgIpc) is 2.74. The lowest BCUT2D eigenvalue weighted by molar-refractivity contribution is 0.381. The molecule has 0 bridgehead atoms. The molecule has 2 aliphatic rings. The molecule has 1 saturated heterocycles. The van der Waals surface area contributed by atoms with Crippen LogP contribution in [0, 0.1) is 0 Å². The quantitative estimate of drug-likeness (QED) is 0.776. The molecule has 1 N–H and O–H groups in total. The van der Waals surface area contributed by atoms with Crippen molar-refractivity contribution >= 4 is 21.6 Å². The lowest BCUT2D eigenvalue weighted by Gasteiger charge is -2.24. The van der Waals surface area contributed by atoms with Gasteiger partial charge in [-0.25, -0.2) is 0 Å². The molecule has 1 spiro atoms. The van der Waals surface area contributed by atoms with Gasteiger partial charge < -0.3 is 10.2 Å². The third kappa shape index (κ3) is 1.33. The van der Waals surface area contributed by atoms with Gasteiger partial charge in [-0.05, 0) is 37.7 Å². The van der Waals surface area contributed by atoms with Crippen LogP contribution in [0.25, 0.3) is 0 Å². The van der Waals surface area contributed by atoms with Crippen LogP contribution in [-0.2, 0) is 5.41 Å². The first-order valence-corrected chi connectivity index (χ1v) is 6.22. The summed E-state index contributed by atoms with van der Waals surface area (Å²) < 4.78 is 1.26. The Hall–Kier alpha value is -0.540. The van der Waals surface area contributed by atoms with Crippen LogP contribution < -0.4 is 5.32 Å². The minimum Gasteiger partial charge on any atom is -0.384 e. The molecule has 1 aromatic rings. The standard InChI is InChI=1S/C12H15BrN2/c1-15-6-5-12(8-15)7-14-10-4-2-3-9(13)11(10)12/h2-4,14H,5-8H2,1H3. The highest BCUT2D eigenvalue weighted by atomic mass is 79.9. The van der Waals surface area contributed by atoms with Gasteiger partial charge in [0.25, 0.3) is 0 Å². The second-order valence-corrected chi connectivity index (χ2v) is 5.64. The molecule has 1 aromatic carbocycles. The van der Waals surface area contributed by atoms with Crippen molar-refractivity contribution in [3.05, 3.63) is 28.2 Å². The number of hydrogen-bond acceptors (Lipinski definition) is 2. The molecule has 2 aliphatic heterocycles. The lowest BCUT2D eigenvalue weighted by atomic mass is 9.82. The molecule has 15 heavy (non-hydrogen) atoms. The van der Waals surface area contributed by atoms with Crippen molar-refractivity contribution in [3.8, 4) is 0 Å². The number of halogens is 1. The first-order valence-electron chi connectivity index (χ1n) is 5.43. The lowest BCUT2D eigenvalue weighted by Crippen LogP contribution is -2.31. The summed E-state index contributed by atoms with van der Waals surface area (Å²) in [6, 6.07) is 6.45. The largest absolute Gasteiger partial charge is 0.384 e. The van der Waals surface area contributed by atoms with Crippen LogP contribution in [0.4, 0.5) is 5.69 Å². The van der Waals surface area contributed by atoms with Crippen LogP contribution in [0.2, 0.25) is 0 Å². The number of nitrogens with one attached hydrogen (secondary N) is 1. The number of rotatable bonds is 0. The van der Waals surface area contributed by atoms with E-state index < -0.39 is 0 Å². The molecule has 1 unspecified atom stereocenters. The molecular weight excluding hydrogens is 252 g/mol. The van der Waals surface area contributed by atoms with Gasteiger partial charge in [-0.1, -0.05) is 22.0 Å². The van der Waals surface area contributed by atoms with E-state index in [1.807, 2.05) is 0 Å². The summed E-state index contributed by atoms with van der Waals surface area (Å²) in [6.07, 6.45) is 1.27. The van der Waals surface area contributed by atoms with Gasteiger partial charge in [-0.3, -0.25) is 0 Å². The zero-order chi connectivity index (χ0) is 10.5. The van der Waals surface area contributed by atoms with Gasteiger partial charge in [0, 0.05) is 28.7 Å². The highest BCUT2D eigenvalue weighted by Gasteiger charge is 2.44. The van der Waals surface area contributed by atoms with Crippen LogP contribution >= 0.6 is 15.9 Å². The van der Waals surface area contributed by atoms with Crippen LogP contribution in [0.3, 0.4) is 0 Å². The number of fused-ring (bicyclic) bond motifs is 2. The topological polar surface area (TPSA) is 15.3 Å². The zero-order valence-electron chi connectivity index (χ0n) is 8.89. The van der Waals surface area contributed by atoms with Crippen LogP contribution in [0.15, 0.2) is 22.7 Å². The predicted octanol–water partition coefficient (Wildman–Crippen LogP) is 2.45. The Morgan fingerprint density at radius 3 is 3.07 bits per heavy atom. The molecule has 80 valence electrons. The summed E-state index contributed by atoms with van der Waals surface area (Å²) >= 11 is 3.69. The molecule has 1 atom stereocenters. The van der Waals surface area contributed by atoms with E-state index >= 15 is 0 Å². The molecule has 0 amide bonds. The number of anilines is 1. The molecule has 3 rings (SSSR count). The Morgan fingerprint density at radius 1 is 1.47 bits per heavy atom. The van der Waals surface area contributed by atoms with E-state index in [1.165, 1.54) is 35.2 Å². The maximum absolute atomic E-state index is 3.69. The molecule has 0 aliphatic carbocycles. The average molecular weight is 267 g/mol. The first-order chi connectivity index (χ1) is 7.21. The van der Waals surface area contributed by atoms with Crippen molar-refractivity contribution in [3.63, 3.8) is 0 Å². The van der Waals surface area contributed by atoms with E-state index in [2.05, 4.69) is 51.4 Å². The normalized spacial score (nSPS) is 29.5. The minimum absolute atomic E-state index is 0.351. The highest BCUT2D eigenvalue weighted by molar-refractivity contribution is 9.10. The monoisotopic (exact) mass is 266 g/mol. The molecule has 3 heteroatoms. The van der Waals surface area contributed by atoms with E-state index in [0.29, 0.717) is 5.41 Å². The van der Waals surface area contributed by atoms with E-state index in [0.717, 1.165) is 6.54 Å². The first kappa shape index (κ1) is 9.67. The van der Waals surface area contributed by atoms with Gasteiger partial charge in [-0.15, -0.1) is 0 Å². The number of nitrogens with zero attached hydrogens (tertiary/aromatic N) is 1. The second-order valence-electron chi connectivity index (χ2n) is 4.78. The number of benzene rings is 1. The van der Waals surface area contributed by atoms with Gasteiger partial charge in [0.1, 0.15) is 0 Å². The zero-order valence-corrected chi connectivity index (χ0v) is 10.5. The van der Waals surface area contributed by atoms with Crippen LogP contribution in [0.1, 0.15) is 12.0 Å². The van der Waals surface area contributed by atoms with Crippen molar-refractivity contribution in [2.45, 2.75) is 11.8 Å². The predicted molar refractivity (Wildman–Crippen MR) is 66.4 cm³/mol. The van der Waals surface area contributed by atoms with E-state index in [1.54, 1.807) is 0 Å². The summed E-state index contributed by atoms with van der Waals surface area (Å²) in [5.74, 6) is 0. The summed E-state index contributed by atoms with van der Waals surface area (Å²) in [6.45, 7) is 3.48. The summed E-state index contributed by atoms with van der Waals surface area (Å²) in [4.78, 5) is 2.43. The van der Waals surface area contributed by atoms with E-state index in [4.69, 9.17) is 0 Å². The number of hydrogen-bond donors (Lipinski definition) is 1. The maximum Gasteiger partial charge on any atom is 0.0391 e. The molecular formula is C12H15BrN2. The van der Waals surface area contributed by atoms with Crippen molar-refractivity contribution in [1.29, 1.82) is 0 Å². The van der Waals surface area contributed by atoms with Gasteiger partial charge in [0.05, 0.1) is 0 Å². The molecule has 0 radical (unpaired) electrons. The van der Waals surface area contributed by atoms with E-state index in [9.17, 15) is 0 Å². The molecule has 0 aromatic heterocycles. The fraction of sp³-hybridized carbons (Fsp3) is 0.500. The molecule has 2 nitrogen and oxygen atoms in total. The Kier molecular flexibility index (Phi) is 2.08. The smallest absolute Gasteiger partial charge is 0.0391 e. The number of likely N-dealkylation sites (N-methyl/N-ethyl adjacent to an activating group) is 1. The Labute approximate surface area is 98.8 Å². The van der Waals surface area contributed by atoms with Gasteiger partial charge in [0.2, 0.25) is 0 Å². The fourth-order valence-corrected chi connectivity index (χ4v) is 3.78. The van der Waals surface area contributed by atoms with Crippen molar-refractivity contribution in [2.75, 3.05) is 32.0 Å². The van der Waals surface area contributed by atoms with Gasteiger partial charge in [0.15, 0.2) is 0 Å². The second kappa shape index (κ2) is 3.22. The SMILES string of the molecule is CN1CCC2(CNc3cccc(Br)c32)C1. The van der Waals surface area contributed by atoms with Crippen molar-refractivity contribution in [1.82, 2.24) is 4.90 Å². The summed E-state index contributed by atoms with van der Waals surface area (Å²) in [5, 5.41) is 3.54. The fourth-order valence-electron chi connectivity index (χ4n) is 2.99. The van der Waals surface area contributed by atoms with Gasteiger partial charge in [-0.2, -0.15) is 0 Å². The Bertz CT molecular complexity index is 401.